The van der Waals surface area contributed by atoms with E-state index in [1.807, 2.05) is 25.1 Å². The summed E-state index contributed by atoms with van der Waals surface area (Å²) in [4.78, 5) is 4.10. The van der Waals surface area contributed by atoms with Gasteiger partial charge in [-0.3, -0.25) is 0 Å². The summed E-state index contributed by atoms with van der Waals surface area (Å²) >= 11 is 0. The van der Waals surface area contributed by atoms with E-state index in [1.54, 1.807) is 12.3 Å². The Morgan fingerprint density at radius 1 is 1.42 bits per heavy atom. The van der Waals surface area contributed by atoms with E-state index < -0.39 is 0 Å². The maximum absolute atomic E-state index is 8.74. The summed E-state index contributed by atoms with van der Waals surface area (Å²) in [5.74, 6) is 1.53. The molecule has 0 aliphatic heterocycles. The van der Waals surface area contributed by atoms with Crippen LogP contribution in [0.2, 0.25) is 0 Å². The number of amidine groups is 1. The minimum atomic E-state index is 0.101. The largest absolute Gasteiger partial charge is 0.445 e. The number of oxime groups is 1. The van der Waals surface area contributed by atoms with Crippen LogP contribution in [0.25, 0.3) is 0 Å². The number of oxazole rings is 1. The number of aromatic nitrogens is 1. The van der Waals surface area contributed by atoms with Crippen LogP contribution < -0.4 is 11.1 Å². The first-order chi connectivity index (χ1) is 9.20. The first kappa shape index (κ1) is 13.1. The smallest absolute Gasteiger partial charge is 0.208 e. The molecule has 6 heteroatoms. The van der Waals surface area contributed by atoms with Gasteiger partial charge in [-0.25, -0.2) is 4.98 Å². The summed E-state index contributed by atoms with van der Waals surface area (Å²) in [5.41, 5.74) is 7.28. The molecular formula is C13H16N4O2. The van der Waals surface area contributed by atoms with E-state index in [0.29, 0.717) is 24.5 Å². The van der Waals surface area contributed by atoms with E-state index in [9.17, 15) is 0 Å². The molecule has 0 spiro atoms. The van der Waals surface area contributed by atoms with Gasteiger partial charge in [0.25, 0.3) is 0 Å². The van der Waals surface area contributed by atoms with Crippen LogP contribution in [-0.4, -0.2) is 16.0 Å². The predicted molar refractivity (Wildman–Crippen MR) is 70.7 cm³/mol. The van der Waals surface area contributed by atoms with E-state index in [-0.39, 0.29) is 5.84 Å². The Labute approximate surface area is 110 Å². The SMILES string of the molecule is Cc1cnc(CNCc2ccccc2/C(N)=N/O)o1. The van der Waals surface area contributed by atoms with Gasteiger partial charge in [-0.15, -0.1) is 0 Å². The summed E-state index contributed by atoms with van der Waals surface area (Å²) in [7, 11) is 0. The standard InChI is InChI=1S/C13H16N4O2/c1-9-6-16-12(19-9)8-15-7-10-4-2-3-5-11(10)13(14)17-18/h2-6,15,18H,7-8H2,1H3,(H2,14,17). The molecule has 1 aromatic carbocycles. The fourth-order valence-corrected chi connectivity index (χ4v) is 1.77. The van der Waals surface area contributed by atoms with Crippen molar-refractivity contribution in [3.63, 3.8) is 0 Å². The molecule has 0 atom stereocenters. The van der Waals surface area contributed by atoms with Gasteiger partial charge in [0, 0.05) is 12.1 Å². The van der Waals surface area contributed by atoms with Crippen LogP contribution in [-0.2, 0) is 13.1 Å². The molecule has 0 bridgehead atoms. The third-order valence-electron chi connectivity index (χ3n) is 2.66. The van der Waals surface area contributed by atoms with E-state index in [4.69, 9.17) is 15.4 Å². The van der Waals surface area contributed by atoms with Crippen LogP contribution in [0.4, 0.5) is 0 Å². The Hall–Kier alpha value is -2.34. The fraction of sp³-hybridized carbons (Fsp3) is 0.231. The average Bonchev–Trinajstić information content (AvgIpc) is 2.84. The number of rotatable bonds is 5. The molecular weight excluding hydrogens is 244 g/mol. The van der Waals surface area contributed by atoms with Gasteiger partial charge in [0.2, 0.25) is 5.89 Å². The lowest BCUT2D eigenvalue weighted by Crippen LogP contribution is -2.19. The highest BCUT2D eigenvalue weighted by Gasteiger charge is 2.06. The lowest BCUT2D eigenvalue weighted by atomic mass is 10.1. The van der Waals surface area contributed by atoms with E-state index in [0.717, 1.165) is 11.3 Å². The number of nitrogens with two attached hydrogens (primary N) is 1. The molecule has 0 saturated carbocycles. The van der Waals surface area contributed by atoms with Crippen LogP contribution in [0.1, 0.15) is 22.8 Å². The van der Waals surface area contributed by atoms with Crippen molar-refractivity contribution in [1.82, 2.24) is 10.3 Å². The molecule has 0 radical (unpaired) electrons. The van der Waals surface area contributed by atoms with Crippen LogP contribution in [0.3, 0.4) is 0 Å². The molecule has 0 unspecified atom stereocenters. The van der Waals surface area contributed by atoms with Gasteiger partial charge in [-0.05, 0) is 12.5 Å². The molecule has 0 fully saturated rings. The highest BCUT2D eigenvalue weighted by Crippen LogP contribution is 2.09. The van der Waals surface area contributed by atoms with E-state index in [1.165, 1.54) is 0 Å². The molecule has 4 N–H and O–H groups in total. The van der Waals surface area contributed by atoms with E-state index in [2.05, 4.69) is 15.5 Å². The summed E-state index contributed by atoms with van der Waals surface area (Å²) in [6, 6.07) is 7.47. The maximum Gasteiger partial charge on any atom is 0.208 e. The molecule has 100 valence electrons. The summed E-state index contributed by atoms with van der Waals surface area (Å²) in [6.07, 6.45) is 1.68. The Balaban J connectivity index is 2.00. The van der Waals surface area contributed by atoms with Gasteiger partial charge < -0.3 is 20.7 Å². The summed E-state index contributed by atoms with van der Waals surface area (Å²) in [5, 5.41) is 15.0. The van der Waals surface area contributed by atoms with Crippen molar-refractivity contribution < 1.29 is 9.62 Å². The zero-order valence-corrected chi connectivity index (χ0v) is 10.6. The molecule has 0 aliphatic rings. The monoisotopic (exact) mass is 260 g/mol. The van der Waals surface area contributed by atoms with Gasteiger partial charge in [0.05, 0.1) is 12.7 Å². The zero-order chi connectivity index (χ0) is 13.7. The first-order valence-corrected chi connectivity index (χ1v) is 5.88. The van der Waals surface area contributed by atoms with Crippen LogP contribution in [0.15, 0.2) is 40.0 Å². The number of nitrogens with zero attached hydrogens (tertiary/aromatic N) is 2. The van der Waals surface area contributed by atoms with Crippen molar-refractivity contribution in [2.75, 3.05) is 0 Å². The fourth-order valence-electron chi connectivity index (χ4n) is 1.77. The van der Waals surface area contributed by atoms with Crippen molar-refractivity contribution in [2.45, 2.75) is 20.0 Å². The van der Waals surface area contributed by atoms with Gasteiger partial charge in [-0.2, -0.15) is 0 Å². The second-order valence-corrected chi connectivity index (χ2v) is 4.11. The van der Waals surface area contributed by atoms with Crippen LogP contribution >= 0.6 is 0 Å². The second-order valence-electron chi connectivity index (χ2n) is 4.11. The Morgan fingerprint density at radius 2 is 2.21 bits per heavy atom. The molecule has 19 heavy (non-hydrogen) atoms. The molecule has 0 aliphatic carbocycles. The van der Waals surface area contributed by atoms with Gasteiger partial charge >= 0.3 is 0 Å². The number of hydrogen-bond donors (Lipinski definition) is 3. The van der Waals surface area contributed by atoms with Gasteiger partial charge in [0.1, 0.15) is 5.76 Å². The van der Waals surface area contributed by atoms with Crippen molar-refractivity contribution >= 4 is 5.84 Å². The number of aryl methyl sites for hydroxylation is 1. The Morgan fingerprint density at radius 3 is 2.89 bits per heavy atom. The number of benzene rings is 1. The van der Waals surface area contributed by atoms with Gasteiger partial charge in [0.15, 0.2) is 5.84 Å². The average molecular weight is 260 g/mol. The molecule has 0 saturated heterocycles. The third-order valence-corrected chi connectivity index (χ3v) is 2.66. The second kappa shape index (κ2) is 6.01. The number of hydrogen-bond acceptors (Lipinski definition) is 5. The molecule has 6 nitrogen and oxygen atoms in total. The maximum atomic E-state index is 8.74. The van der Waals surface area contributed by atoms with Crippen molar-refractivity contribution in [1.29, 1.82) is 0 Å². The molecule has 1 heterocycles. The van der Waals surface area contributed by atoms with Crippen LogP contribution in [0, 0.1) is 6.92 Å². The van der Waals surface area contributed by atoms with Crippen molar-refractivity contribution in [3.8, 4) is 0 Å². The minimum Gasteiger partial charge on any atom is -0.445 e. The number of nitrogens with one attached hydrogen (secondary N) is 1. The van der Waals surface area contributed by atoms with Gasteiger partial charge in [-0.1, -0.05) is 29.4 Å². The molecule has 2 rings (SSSR count). The summed E-state index contributed by atoms with van der Waals surface area (Å²) < 4.78 is 5.36. The molecule has 1 aromatic heterocycles. The highest BCUT2D eigenvalue weighted by atomic mass is 16.4. The Kier molecular flexibility index (Phi) is 4.15. The first-order valence-electron chi connectivity index (χ1n) is 5.88. The normalized spacial score (nSPS) is 11.7. The predicted octanol–water partition coefficient (Wildman–Crippen LogP) is 1.37. The minimum absolute atomic E-state index is 0.101. The quantitative estimate of drug-likeness (QED) is 0.326. The molecule has 0 amide bonds. The van der Waals surface area contributed by atoms with Crippen LogP contribution in [0.5, 0.6) is 0 Å². The van der Waals surface area contributed by atoms with E-state index >= 15 is 0 Å². The highest BCUT2D eigenvalue weighted by molar-refractivity contribution is 5.98. The van der Waals surface area contributed by atoms with Crippen molar-refractivity contribution in [3.05, 3.63) is 53.2 Å². The summed E-state index contributed by atoms with van der Waals surface area (Å²) in [6.45, 7) is 2.95. The lowest BCUT2D eigenvalue weighted by Gasteiger charge is -2.08. The molecule has 2 aromatic rings. The zero-order valence-electron chi connectivity index (χ0n) is 10.6. The Bertz CT molecular complexity index is 578. The third kappa shape index (κ3) is 3.32. The topological polar surface area (TPSA) is 96.7 Å². The lowest BCUT2D eigenvalue weighted by molar-refractivity contribution is 0.318. The van der Waals surface area contributed by atoms with Crippen molar-refractivity contribution in [2.24, 2.45) is 10.9 Å².